The zero-order valence-electron chi connectivity index (χ0n) is 12.2. The van der Waals surface area contributed by atoms with Crippen LogP contribution in [0.3, 0.4) is 0 Å². The van der Waals surface area contributed by atoms with Crippen LogP contribution in [0.5, 0.6) is 11.6 Å². The molecule has 2 N–H and O–H groups in total. The van der Waals surface area contributed by atoms with E-state index in [0.29, 0.717) is 55.4 Å². The van der Waals surface area contributed by atoms with Crippen LogP contribution in [0.4, 0.5) is 4.79 Å². The number of amides is 1. The fourth-order valence-corrected chi connectivity index (χ4v) is 2.96. The van der Waals surface area contributed by atoms with Crippen LogP contribution in [-0.2, 0) is 0 Å². The number of hydrogen-bond donors (Lipinski definition) is 2. The molecule has 22 heavy (non-hydrogen) atoms. The summed E-state index contributed by atoms with van der Waals surface area (Å²) in [5.41, 5.74) is 0.355. The molecule has 1 aromatic heterocycles. The first kappa shape index (κ1) is 14.4. The normalized spacial score (nSPS) is 21.3. The highest BCUT2D eigenvalue weighted by Crippen LogP contribution is 2.39. The molecular formula is C14H17N3O5. The Kier molecular flexibility index (Phi) is 3.51. The van der Waals surface area contributed by atoms with E-state index in [2.05, 4.69) is 10.1 Å². The van der Waals surface area contributed by atoms with Crippen molar-refractivity contribution in [3.05, 3.63) is 17.8 Å². The summed E-state index contributed by atoms with van der Waals surface area (Å²) in [5.74, 6) is 0.948. The smallest absolute Gasteiger partial charge is 0.407 e. The van der Waals surface area contributed by atoms with Crippen molar-refractivity contribution in [1.82, 2.24) is 9.88 Å². The monoisotopic (exact) mass is 307 g/mol. The van der Waals surface area contributed by atoms with Crippen molar-refractivity contribution < 1.29 is 24.6 Å². The Morgan fingerprint density at radius 3 is 2.77 bits per heavy atom. The minimum atomic E-state index is -0.923. The molecule has 0 saturated carbocycles. The number of likely N-dealkylation sites (tertiary alicyclic amines) is 1. The average Bonchev–Trinajstić information content (AvgIpc) is 2.54. The molecule has 2 aliphatic rings. The molecule has 0 bridgehead atoms. The van der Waals surface area contributed by atoms with Crippen molar-refractivity contribution in [2.24, 2.45) is 5.16 Å². The number of carboxylic acid groups (broad SMARTS) is 1. The van der Waals surface area contributed by atoms with Crippen LogP contribution in [0, 0.1) is 0 Å². The SMILES string of the molecule is COc1ccc2c(n1)C(=NO)CC1(CCN(C(=O)O)CC1)O2. The number of oxime groups is 1. The Labute approximate surface area is 127 Å². The number of methoxy groups -OCH3 is 1. The molecule has 3 heterocycles. The Balaban J connectivity index is 1.88. The van der Waals surface area contributed by atoms with E-state index in [9.17, 15) is 10.0 Å². The number of piperidine rings is 1. The molecule has 118 valence electrons. The molecular weight excluding hydrogens is 290 g/mol. The van der Waals surface area contributed by atoms with Gasteiger partial charge in [-0.3, -0.25) is 0 Å². The summed E-state index contributed by atoms with van der Waals surface area (Å²) >= 11 is 0. The zero-order valence-corrected chi connectivity index (χ0v) is 12.2. The van der Waals surface area contributed by atoms with Gasteiger partial charge in [0.25, 0.3) is 0 Å². The highest BCUT2D eigenvalue weighted by Gasteiger charge is 2.43. The van der Waals surface area contributed by atoms with Crippen LogP contribution < -0.4 is 9.47 Å². The molecule has 1 saturated heterocycles. The predicted molar refractivity (Wildman–Crippen MR) is 75.9 cm³/mol. The third-order valence-electron chi connectivity index (χ3n) is 4.20. The van der Waals surface area contributed by atoms with Crippen molar-refractivity contribution in [3.63, 3.8) is 0 Å². The highest BCUT2D eigenvalue weighted by atomic mass is 16.5. The van der Waals surface area contributed by atoms with E-state index in [0.717, 1.165) is 0 Å². The Morgan fingerprint density at radius 1 is 1.45 bits per heavy atom. The predicted octanol–water partition coefficient (Wildman–Crippen LogP) is 1.56. The van der Waals surface area contributed by atoms with Gasteiger partial charge in [-0.1, -0.05) is 5.16 Å². The van der Waals surface area contributed by atoms with Gasteiger partial charge < -0.3 is 24.7 Å². The van der Waals surface area contributed by atoms with Crippen molar-refractivity contribution >= 4 is 11.8 Å². The van der Waals surface area contributed by atoms with E-state index >= 15 is 0 Å². The van der Waals surface area contributed by atoms with E-state index in [1.165, 1.54) is 12.0 Å². The van der Waals surface area contributed by atoms with Gasteiger partial charge in [0.15, 0.2) is 0 Å². The van der Waals surface area contributed by atoms with Crippen molar-refractivity contribution in [1.29, 1.82) is 0 Å². The number of ether oxygens (including phenoxy) is 2. The fraction of sp³-hybridized carbons (Fsp3) is 0.500. The van der Waals surface area contributed by atoms with Gasteiger partial charge in [0, 0.05) is 38.4 Å². The molecule has 2 aliphatic heterocycles. The molecule has 1 aromatic rings. The number of rotatable bonds is 1. The number of aromatic nitrogens is 1. The maximum atomic E-state index is 11.0. The van der Waals surface area contributed by atoms with Gasteiger partial charge in [0.2, 0.25) is 5.88 Å². The fourth-order valence-electron chi connectivity index (χ4n) is 2.96. The van der Waals surface area contributed by atoms with E-state index in [4.69, 9.17) is 14.6 Å². The molecule has 0 radical (unpaired) electrons. The van der Waals surface area contributed by atoms with E-state index in [1.54, 1.807) is 12.1 Å². The van der Waals surface area contributed by atoms with Crippen LogP contribution in [0.15, 0.2) is 17.3 Å². The van der Waals surface area contributed by atoms with Crippen LogP contribution >= 0.6 is 0 Å². The summed E-state index contributed by atoms with van der Waals surface area (Å²) in [6.45, 7) is 0.792. The van der Waals surface area contributed by atoms with E-state index in [-0.39, 0.29) is 0 Å². The van der Waals surface area contributed by atoms with E-state index < -0.39 is 11.7 Å². The van der Waals surface area contributed by atoms with Crippen LogP contribution in [0.1, 0.15) is 25.0 Å². The third-order valence-corrected chi connectivity index (χ3v) is 4.20. The molecule has 0 atom stereocenters. The first-order valence-corrected chi connectivity index (χ1v) is 7.00. The lowest BCUT2D eigenvalue weighted by Gasteiger charge is -2.43. The average molecular weight is 307 g/mol. The quantitative estimate of drug-likeness (QED) is 0.602. The number of carbonyl (C=O) groups is 1. The lowest BCUT2D eigenvalue weighted by atomic mass is 9.83. The molecule has 0 unspecified atom stereocenters. The lowest BCUT2D eigenvalue weighted by Crippen LogP contribution is -2.52. The second-order valence-corrected chi connectivity index (χ2v) is 5.48. The molecule has 8 nitrogen and oxygen atoms in total. The minimum absolute atomic E-state index is 0.393. The van der Waals surface area contributed by atoms with Crippen molar-refractivity contribution in [3.8, 4) is 11.6 Å². The summed E-state index contributed by atoms with van der Waals surface area (Å²) < 4.78 is 11.2. The molecule has 1 spiro atoms. The van der Waals surface area contributed by atoms with Gasteiger partial charge in [-0.05, 0) is 6.07 Å². The van der Waals surface area contributed by atoms with Gasteiger partial charge in [-0.15, -0.1) is 0 Å². The Hall–Kier alpha value is -2.51. The van der Waals surface area contributed by atoms with Gasteiger partial charge >= 0.3 is 6.09 Å². The Morgan fingerprint density at radius 2 is 2.18 bits per heavy atom. The van der Waals surface area contributed by atoms with Crippen molar-refractivity contribution in [2.45, 2.75) is 24.9 Å². The highest BCUT2D eigenvalue weighted by molar-refractivity contribution is 6.02. The molecule has 8 heteroatoms. The number of hydrogen-bond acceptors (Lipinski definition) is 6. The summed E-state index contributed by atoms with van der Waals surface area (Å²) in [4.78, 5) is 16.6. The Bertz CT molecular complexity index is 623. The number of nitrogens with zero attached hydrogens (tertiary/aromatic N) is 3. The largest absolute Gasteiger partial charge is 0.484 e. The van der Waals surface area contributed by atoms with Crippen LogP contribution in [0.2, 0.25) is 0 Å². The first-order valence-electron chi connectivity index (χ1n) is 7.00. The first-order chi connectivity index (χ1) is 10.6. The van der Waals surface area contributed by atoms with Gasteiger partial charge in [0.1, 0.15) is 22.8 Å². The summed E-state index contributed by atoms with van der Waals surface area (Å²) in [5, 5.41) is 21.7. The lowest BCUT2D eigenvalue weighted by molar-refractivity contribution is 0.00564. The molecule has 0 aliphatic carbocycles. The second-order valence-electron chi connectivity index (χ2n) is 5.48. The van der Waals surface area contributed by atoms with Gasteiger partial charge in [-0.25, -0.2) is 9.78 Å². The van der Waals surface area contributed by atoms with Crippen LogP contribution in [0.25, 0.3) is 0 Å². The maximum absolute atomic E-state index is 11.0. The molecule has 0 aromatic carbocycles. The third kappa shape index (κ3) is 2.40. The summed E-state index contributed by atoms with van der Waals surface area (Å²) in [6, 6.07) is 3.41. The zero-order chi connectivity index (χ0) is 15.7. The van der Waals surface area contributed by atoms with Crippen molar-refractivity contribution in [2.75, 3.05) is 20.2 Å². The summed E-state index contributed by atoms with van der Waals surface area (Å²) in [6.07, 6.45) is 0.561. The number of fused-ring (bicyclic) bond motifs is 1. The molecule has 3 rings (SSSR count). The van der Waals surface area contributed by atoms with Gasteiger partial charge in [-0.2, -0.15) is 0 Å². The second kappa shape index (κ2) is 5.36. The standard InChI is InChI=1S/C14H17N3O5/c1-21-11-3-2-10-12(15-11)9(16-20)8-14(22-10)4-6-17(7-5-14)13(18)19/h2-3,20H,4-8H2,1H3,(H,18,19). The maximum Gasteiger partial charge on any atom is 0.407 e. The van der Waals surface area contributed by atoms with Gasteiger partial charge in [0.05, 0.1) is 7.11 Å². The number of pyridine rings is 1. The van der Waals surface area contributed by atoms with Crippen LogP contribution in [-0.4, -0.2) is 57.8 Å². The molecule has 1 amide bonds. The topological polar surface area (TPSA) is 104 Å². The molecule has 1 fully saturated rings. The van der Waals surface area contributed by atoms with E-state index in [1.807, 2.05) is 0 Å². The minimum Gasteiger partial charge on any atom is -0.484 e. The summed E-state index contributed by atoms with van der Waals surface area (Å²) in [7, 11) is 1.51.